The standard InChI is InChI=1S/C13H22N2O3/c1-15-7-3-10(4-8-15)9-14-11(16)13(12(17)18)5-2-6-13/h10H,2-9H2,1H3,(H,14,16)(H,17,18). The van der Waals surface area contributed by atoms with E-state index in [1.54, 1.807) is 0 Å². The van der Waals surface area contributed by atoms with Gasteiger partial charge >= 0.3 is 5.97 Å². The van der Waals surface area contributed by atoms with E-state index < -0.39 is 11.4 Å². The number of amides is 1. The summed E-state index contributed by atoms with van der Waals surface area (Å²) in [6.45, 7) is 2.75. The van der Waals surface area contributed by atoms with Crippen molar-refractivity contribution in [1.82, 2.24) is 10.2 Å². The van der Waals surface area contributed by atoms with E-state index in [1.807, 2.05) is 0 Å². The third-order valence-electron chi connectivity index (χ3n) is 4.44. The summed E-state index contributed by atoms with van der Waals surface area (Å²) in [6.07, 6.45) is 3.98. The maximum absolute atomic E-state index is 12.0. The topological polar surface area (TPSA) is 69.6 Å². The fourth-order valence-corrected chi connectivity index (χ4v) is 2.74. The molecule has 0 spiro atoms. The molecule has 2 fully saturated rings. The molecule has 2 aliphatic rings. The van der Waals surface area contributed by atoms with Crippen LogP contribution in [-0.2, 0) is 9.59 Å². The van der Waals surface area contributed by atoms with Crippen LogP contribution in [0.25, 0.3) is 0 Å². The number of hydrogen-bond donors (Lipinski definition) is 2. The van der Waals surface area contributed by atoms with Crippen LogP contribution in [-0.4, -0.2) is 48.6 Å². The molecule has 0 aromatic heterocycles. The van der Waals surface area contributed by atoms with Gasteiger partial charge in [-0.25, -0.2) is 0 Å². The maximum Gasteiger partial charge on any atom is 0.319 e. The summed E-state index contributed by atoms with van der Waals surface area (Å²) in [4.78, 5) is 25.4. The molecule has 1 heterocycles. The first kappa shape index (κ1) is 13.3. The molecule has 18 heavy (non-hydrogen) atoms. The zero-order chi connectivity index (χ0) is 13.2. The number of piperidine rings is 1. The highest BCUT2D eigenvalue weighted by molar-refractivity contribution is 6.02. The highest BCUT2D eigenvalue weighted by Gasteiger charge is 2.51. The minimum Gasteiger partial charge on any atom is -0.480 e. The minimum absolute atomic E-state index is 0.278. The molecule has 0 aromatic rings. The third-order valence-corrected chi connectivity index (χ3v) is 4.44. The molecule has 102 valence electrons. The van der Waals surface area contributed by atoms with Crippen LogP contribution in [0.4, 0.5) is 0 Å². The Kier molecular flexibility index (Phi) is 3.90. The second-order valence-corrected chi connectivity index (χ2v) is 5.70. The van der Waals surface area contributed by atoms with Crippen LogP contribution in [0.5, 0.6) is 0 Å². The lowest BCUT2D eigenvalue weighted by Crippen LogP contribution is -2.52. The Morgan fingerprint density at radius 3 is 2.39 bits per heavy atom. The van der Waals surface area contributed by atoms with Gasteiger partial charge in [-0.2, -0.15) is 0 Å². The number of aliphatic carboxylic acids is 1. The molecule has 2 N–H and O–H groups in total. The van der Waals surface area contributed by atoms with E-state index in [2.05, 4.69) is 17.3 Å². The van der Waals surface area contributed by atoms with Gasteiger partial charge in [-0.3, -0.25) is 9.59 Å². The number of nitrogens with zero attached hydrogens (tertiary/aromatic N) is 1. The summed E-state index contributed by atoms with van der Waals surface area (Å²) >= 11 is 0. The average Bonchev–Trinajstić information content (AvgIpc) is 2.26. The highest BCUT2D eigenvalue weighted by atomic mass is 16.4. The molecule has 0 aromatic carbocycles. The predicted molar refractivity (Wildman–Crippen MR) is 67.2 cm³/mol. The van der Waals surface area contributed by atoms with Crippen molar-refractivity contribution in [3.63, 3.8) is 0 Å². The lowest BCUT2D eigenvalue weighted by Gasteiger charge is -2.36. The maximum atomic E-state index is 12.0. The molecule has 2 rings (SSSR count). The van der Waals surface area contributed by atoms with Crippen molar-refractivity contribution in [2.75, 3.05) is 26.7 Å². The Morgan fingerprint density at radius 1 is 1.33 bits per heavy atom. The van der Waals surface area contributed by atoms with Crippen molar-refractivity contribution >= 4 is 11.9 Å². The quantitative estimate of drug-likeness (QED) is 0.725. The summed E-state index contributed by atoms with van der Waals surface area (Å²) in [5, 5.41) is 12.0. The van der Waals surface area contributed by atoms with Crippen LogP contribution in [0.15, 0.2) is 0 Å². The van der Waals surface area contributed by atoms with E-state index in [0.29, 0.717) is 25.3 Å². The number of carbonyl (C=O) groups excluding carboxylic acids is 1. The lowest BCUT2D eigenvalue weighted by atomic mass is 9.68. The van der Waals surface area contributed by atoms with Crippen LogP contribution in [0.3, 0.4) is 0 Å². The minimum atomic E-state index is -1.12. The Morgan fingerprint density at radius 2 is 1.94 bits per heavy atom. The summed E-state index contributed by atoms with van der Waals surface area (Å²) in [5.74, 6) is -0.745. The van der Waals surface area contributed by atoms with Gasteiger partial charge in [0.15, 0.2) is 0 Å². The lowest BCUT2D eigenvalue weighted by molar-refractivity contribution is -0.162. The Balaban J connectivity index is 1.79. The van der Waals surface area contributed by atoms with E-state index in [-0.39, 0.29) is 5.91 Å². The van der Waals surface area contributed by atoms with Crippen LogP contribution in [0.2, 0.25) is 0 Å². The van der Waals surface area contributed by atoms with Crippen LogP contribution < -0.4 is 5.32 Å². The van der Waals surface area contributed by atoms with E-state index in [1.165, 1.54) is 0 Å². The Bertz CT molecular complexity index is 331. The van der Waals surface area contributed by atoms with Crippen LogP contribution >= 0.6 is 0 Å². The van der Waals surface area contributed by atoms with Crippen molar-refractivity contribution in [3.8, 4) is 0 Å². The first-order valence-electron chi connectivity index (χ1n) is 6.75. The second kappa shape index (κ2) is 5.26. The van der Waals surface area contributed by atoms with Gasteiger partial charge in [0.1, 0.15) is 5.41 Å². The molecule has 1 aliphatic carbocycles. The van der Waals surface area contributed by atoms with Crippen molar-refractivity contribution in [3.05, 3.63) is 0 Å². The van der Waals surface area contributed by atoms with Gasteiger partial charge < -0.3 is 15.3 Å². The smallest absolute Gasteiger partial charge is 0.319 e. The van der Waals surface area contributed by atoms with Crippen molar-refractivity contribution in [1.29, 1.82) is 0 Å². The predicted octanol–water partition coefficient (Wildman–Crippen LogP) is 0.699. The van der Waals surface area contributed by atoms with Gasteiger partial charge in [0, 0.05) is 6.54 Å². The fourth-order valence-electron chi connectivity index (χ4n) is 2.74. The van der Waals surface area contributed by atoms with Gasteiger partial charge in [-0.1, -0.05) is 6.42 Å². The first-order chi connectivity index (χ1) is 8.54. The SMILES string of the molecule is CN1CCC(CNC(=O)C2(C(=O)O)CCC2)CC1. The van der Waals surface area contributed by atoms with Crippen LogP contribution in [0.1, 0.15) is 32.1 Å². The molecule has 1 saturated carbocycles. The molecule has 0 unspecified atom stereocenters. The first-order valence-corrected chi connectivity index (χ1v) is 6.75. The molecule has 0 radical (unpaired) electrons. The number of carbonyl (C=O) groups is 2. The highest BCUT2D eigenvalue weighted by Crippen LogP contribution is 2.41. The number of hydrogen-bond acceptors (Lipinski definition) is 3. The Hall–Kier alpha value is -1.10. The normalized spacial score (nSPS) is 24.3. The largest absolute Gasteiger partial charge is 0.480 e. The number of carboxylic acid groups (broad SMARTS) is 1. The van der Waals surface area contributed by atoms with E-state index >= 15 is 0 Å². The molecule has 1 amide bonds. The number of carboxylic acids is 1. The molecular weight excluding hydrogens is 232 g/mol. The number of rotatable bonds is 4. The second-order valence-electron chi connectivity index (χ2n) is 5.70. The molecule has 5 heteroatoms. The molecular formula is C13H22N2O3. The molecule has 5 nitrogen and oxygen atoms in total. The monoisotopic (exact) mass is 254 g/mol. The van der Waals surface area contributed by atoms with Gasteiger partial charge in [0.25, 0.3) is 0 Å². The van der Waals surface area contributed by atoms with Crippen molar-refractivity contribution in [2.24, 2.45) is 11.3 Å². The number of likely N-dealkylation sites (tertiary alicyclic amines) is 1. The molecule has 1 aliphatic heterocycles. The number of nitrogens with one attached hydrogen (secondary N) is 1. The van der Waals surface area contributed by atoms with Gasteiger partial charge in [0.05, 0.1) is 0 Å². The zero-order valence-electron chi connectivity index (χ0n) is 10.9. The summed E-state index contributed by atoms with van der Waals surface area (Å²) < 4.78 is 0. The third kappa shape index (κ3) is 2.51. The van der Waals surface area contributed by atoms with Gasteiger partial charge in [-0.05, 0) is 51.7 Å². The molecule has 0 atom stereocenters. The van der Waals surface area contributed by atoms with Gasteiger partial charge in [0.2, 0.25) is 5.91 Å². The van der Waals surface area contributed by atoms with Crippen molar-refractivity contribution < 1.29 is 14.7 Å². The zero-order valence-corrected chi connectivity index (χ0v) is 10.9. The van der Waals surface area contributed by atoms with E-state index in [0.717, 1.165) is 32.4 Å². The Labute approximate surface area is 108 Å². The average molecular weight is 254 g/mol. The molecule has 0 bridgehead atoms. The van der Waals surface area contributed by atoms with E-state index in [9.17, 15) is 9.59 Å². The summed E-state index contributed by atoms with van der Waals surface area (Å²) in [5.41, 5.74) is -1.12. The molecule has 1 saturated heterocycles. The summed E-state index contributed by atoms with van der Waals surface area (Å²) in [7, 11) is 2.10. The fraction of sp³-hybridized carbons (Fsp3) is 0.846. The van der Waals surface area contributed by atoms with Crippen LogP contribution in [0, 0.1) is 11.3 Å². The van der Waals surface area contributed by atoms with Gasteiger partial charge in [-0.15, -0.1) is 0 Å². The summed E-state index contributed by atoms with van der Waals surface area (Å²) in [6, 6.07) is 0. The van der Waals surface area contributed by atoms with Crippen molar-refractivity contribution in [2.45, 2.75) is 32.1 Å². The van der Waals surface area contributed by atoms with E-state index in [4.69, 9.17) is 5.11 Å².